The van der Waals surface area contributed by atoms with Crippen molar-refractivity contribution in [3.8, 4) is 0 Å². The van der Waals surface area contributed by atoms with Gasteiger partial charge >= 0.3 is 5.97 Å². The summed E-state index contributed by atoms with van der Waals surface area (Å²) >= 11 is 0. The number of fused-ring (bicyclic) bond motifs is 1. The minimum absolute atomic E-state index is 0.00107. The maximum Gasteiger partial charge on any atom is 0.326 e. The molecular formula is C19H21FN2O4. The molecule has 26 heavy (non-hydrogen) atoms. The molecule has 1 saturated carbocycles. The Morgan fingerprint density at radius 2 is 1.85 bits per heavy atom. The molecule has 0 spiro atoms. The summed E-state index contributed by atoms with van der Waals surface area (Å²) in [4.78, 5) is 40.4. The van der Waals surface area contributed by atoms with Crippen LogP contribution in [0, 0.1) is 23.6 Å². The monoisotopic (exact) mass is 360 g/mol. The van der Waals surface area contributed by atoms with E-state index in [0.29, 0.717) is 25.2 Å². The number of carbonyl (C=O) groups is 3. The van der Waals surface area contributed by atoms with Crippen LogP contribution in [0.5, 0.6) is 0 Å². The largest absolute Gasteiger partial charge is 0.480 e. The molecule has 1 aromatic rings. The van der Waals surface area contributed by atoms with Crippen molar-refractivity contribution in [1.29, 1.82) is 0 Å². The Morgan fingerprint density at radius 3 is 2.54 bits per heavy atom. The first kappa shape index (κ1) is 17.0. The predicted octanol–water partition coefficient (Wildman–Crippen LogP) is 1.89. The first-order valence-corrected chi connectivity index (χ1v) is 9.07. The van der Waals surface area contributed by atoms with Crippen LogP contribution in [0.1, 0.15) is 25.7 Å². The highest BCUT2D eigenvalue weighted by molar-refractivity contribution is 6.10. The van der Waals surface area contributed by atoms with Crippen LogP contribution in [0.25, 0.3) is 0 Å². The normalized spacial score (nSPS) is 30.7. The van der Waals surface area contributed by atoms with Crippen LogP contribution in [0.15, 0.2) is 24.3 Å². The second kappa shape index (κ2) is 6.37. The van der Waals surface area contributed by atoms with E-state index >= 15 is 0 Å². The molecule has 4 rings (SSSR count). The lowest BCUT2D eigenvalue weighted by Crippen LogP contribution is -2.47. The van der Waals surface area contributed by atoms with Gasteiger partial charge in [-0.25, -0.2) is 9.18 Å². The Morgan fingerprint density at radius 1 is 1.12 bits per heavy atom. The van der Waals surface area contributed by atoms with Gasteiger partial charge in [0.15, 0.2) is 0 Å². The molecule has 4 unspecified atom stereocenters. The molecule has 138 valence electrons. The molecule has 1 aromatic carbocycles. The lowest BCUT2D eigenvalue weighted by atomic mass is 9.94. The quantitative estimate of drug-likeness (QED) is 0.835. The van der Waals surface area contributed by atoms with Crippen molar-refractivity contribution >= 4 is 23.5 Å². The molecule has 3 fully saturated rings. The Hall–Kier alpha value is -2.44. The Balaban J connectivity index is 1.52. The third-order valence-electron chi connectivity index (χ3n) is 6.07. The summed E-state index contributed by atoms with van der Waals surface area (Å²) in [5.41, 5.74) is 0.555. The van der Waals surface area contributed by atoms with Crippen molar-refractivity contribution in [1.82, 2.24) is 4.90 Å². The summed E-state index contributed by atoms with van der Waals surface area (Å²) in [6, 6.07) is 4.77. The average molecular weight is 360 g/mol. The standard InChI is InChI=1S/C19H21FN2O4/c20-12-4-6-13(7-5-12)21-9-8-15(17(21)23)18(24)22-10-11-2-1-3-14(11)16(22)19(25)26/h4-7,11,14-16H,1-3,8-10H2,(H,25,26). The van der Waals surface area contributed by atoms with E-state index in [9.17, 15) is 23.9 Å². The fraction of sp³-hybridized carbons (Fsp3) is 0.526. The van der Waals surface area contributed by atoms with Crippen LogP contribution < -0.4 is 4.90 Å². The van der Waals surface area contributed by atoms with Crippen LogP contribution >= 0.6 is 0 Å². The van der Waals surface area contributed by atoms with Gasteiger partial charge in [-0.1, -0.05) is 6.42 Å². The second-order valence-corrected chi connectivity index (χ2v) is 7.44. The van der Waals surface area contributed by atoms with E-state index in [1.54, 1.807) is 0 Å². The number of benzene rings is 1. The first-order valence-electron chi connectivity index (χ1n) is 9.07. The predicted molar refractivity (Wildman–Crippen MR) is 90.8 cm³/mol. The molecule has 2 aliphatic heterocycles. The van der Waals surface area contributed by atoms with E-state index in [2.05, 4.69) is 0 Å². The molecule has 2 amide bonds. The smallest absolute Gasteiger partial charge is 0.326 e. The van der Waals surface area contributed by atoms with E-state index < -0.39 is 17.9 Å². The summed E-state index contributed by atoms with van der Waals surface area (Å²) in [5.74, 6) is -2.69. The number of rotatable bonds is 3. The fourth-order valence-electron chi connectivity index (χ4n) is 4.84. The molecular weight excluding hydrogens is 339 g/mol. The molecule has 1 N–H and O–H groups in total. The summed E-state index contributed by atoms with van der Waals surface area (Å²) in [7, 11) is 0. The number of carboxylic acid groups (broad SMARTS) is 1. The van der Waals surface area contributed by atoms with Crippen molar-refractivity contribution in [2.45, 2.75) is 31.7 Å². The number of carbonyl (C=O) groups excluding carboxylic acids is 2. The van der Waals surface area contributed by atoms with Crippen LogP contribution in [0.4, 0.5) is 10.1 Å². The number of hydrogen-bond acceptors (Lipinski definition) is 3. The number of likely N-dealkylation sites (tertiary alicyclic amines) is 1. The van der Waals surface area contributed by atoms with E-state index in [-0.39, 0.29) is 29.5 Å². The number of anilines is 1. The fourth-order valence-corrected chi connectivity index (χ4v) is 4.84. The van der Waals surface area contributed by atoms with Crippen LogP contribution in [0.2, 0.25) is 0 Å². The van der Waals surface area contributed by atoms with Gasteiger partial charge in [-0.05, 0) is 55.4 Å². The molecule has 0 bridgehead atoms. The Labute approximate surface area is 150 Å². The number of amides is 2. The van der Waals surface area contributed by atoms with E-state index in [0.717, 1.165) is 19.3 Å². The van der Waals surface area contributed by atoms with Crippen molar-refractivity contribution in [2.75, 3.05) is 18.0 Å². The van der Waals surface area contributed by atoms with E-state index in [4.69, 9.17) is 0 Å². The third-order valence-corrected chi connectivity index (χ3v) is 6.07. The third kappa shape index (κ3) is 2.66. The van der Waals surface area contributed by atoms with Gasteiger partial charge in [0.1, 0.15) is 17.8 Å². The van der Waals surface area contributed by atoms with Crippen LogP contribution in [-0.2, 0) is 14.4 Å². The van der Waals surface area contributed by atoms with E-state index in [1.807, 2.05) is 0 Å². The zero-order chi connectivity index (χ0) is 18.4. The van der Waals surface area contributed by atoms with Crippen LogP contribution in [0.3, 0.4) is 0 Å². The van der Waals surface area contributed by atoms with Gasteiger partial charge in [0.2, 0.25) is 11.8 Å². The minimum atomic E-state index is -0.978. The highest BCUT2D eigenvalue weighted by Gasteiger charge is 2.52. The molecule has 0 aromatic heterocycles. The SMILES string of the molecule is O=C(O)C1C2CCCC2CN1C(=O)C1CCN(c2ccc(F)cc2)C1=O. The molecule has 4 atom stereocenters. The maximum atomic E-state index is 13.1. The van der Waals surface area contributed by atoms with E-state index in [1.165, 1.54) is 34.1 Å². The topological polar surface area (TPSA) is 77.9 Å². The summed E-state index contributed by atoms with van der Waals surface area (Å²) in [6.45, 7) is 0.806. The lowest BCUT2D eigenvalue weighted by Gasteiger charge is -2.26. The van der Waals surface area contributed by atoms with Gasteiger partial charge in [-0.15, -0.1) is 0 Å². The molecule has 3 aliphatic rings. The van der Waals surface area contributed by atoms with Crippen molar-refractivity contribution in [3.63, 3.8) is 0 Å². The number of carboxylic acids is 1. The Bertz CT molecular complexity index is 750. The summed E-state index contributed by atoms with van der Waals surface area (Å²) < 4.78 is 13.1. The molecule has 7 heteroatoms. The zero-order valence-electron chi connectivity index (χ0n) is 14.3. The van der Waals surface area contributed by atoms with Crippen molar-refractivity contribution in [3.05, 3.63) is 30.1 Å². The van der Waals surface area contributed by atoms with Gasteiger partial charge in [-0.3, -0.25) is 9.59 Å². The van der Waals surface area contributed by atoms with Gasteiger partial charge in [0.25, 0.3) is 0 Å². The Kier molecular flexibility index (Phi) is 4.17. The second-order valence-electron chi connectivity index (χ2n) is 7.44. The molecule has 6 nitrogen and oxygen atoms in total. The maximum absolute atomic E-state index is 13.1. The van der Waals surface area contributed by atoms with Gasteiger partial charge in [0.05, 0.1) is 0 Å². The summed E-state index contributed by atoms with van der Waals surface area (Å²) in [6.07, 6.45) is 3.12. The number of nitrogens with zero attached hydrogens (tertiary/aromatic N) is 2. The zero-order valence-corrected chi connectivity index (χ0v) is 14.3. The average Bonchev–Trinajstić information content (AvgIpc) is 3.28. The molecule has 1 aliphatic carbocycles. The van der Waals surface area contributed by atoms with Crippen molar-refractivity contribution in [2.24, 2.45) is 17.8 Å². The summed E-state index contributed by atoms with van der Waals surface area (Å²) in [5, 5.41) is 9.62. The minimum Gasteiger partial charge on any atom is -0.480 e. The first-order chi connectivity index (χ1) is 12.5. The number of halogens is 1. The molecule has 2 saturated heterocycles. The van der Waals surface area contributed by atoms with Gasteiger partial charge in [-0.2, -0.15) is 0 Å². The van der Waals surface area contributed by atoms with Crippen LogP contribution in [-0.4, -0.2) is 46.9 Å². The van der Waals surface area contributed by atoms with Gasteiger partial charge in [0, 0.05) is 18.8 Å². The molecule has 2 heterocycles. The van der Waals surface area contributed by atoms with Gasteiger partial charge < -0.3 is 14.9 Å². The highest BCUT2D eigenvalue weighted by atomic mass is 19.1. The molecule has 0 radical (unpaired) electrons. The highest BCUT2D eigenvalue weighted by Crippen LogP contribution is 2.43. The number of hydrogen-bond donors (Lipinski definition) is 1. The number of aliphatic carboxylic acids is 1. The van der Waals surface area contributed by atoms with Crippen molar-refractivity contribution < 1.29 is 23.9 Å². The lowest BCUT2D eigenvalue weighted by molar-refractivity contribution is -0.152.